The highest BCUT2D eigenvalue weighted by Gasteiger charge is 2.09. The average Bonchev–Trinajstić information content (AvgIpc) is 2.90. The number of aromatic hydroxyl groups is 1. The van der Waals surface area contributed by atoms with E-state index in [9.17, 15) is 5.11 Å². The first kappa shape index (κ1) is 16.4. The molecule has 1 heterocycles. The lowest BCUT2D eigenvalue weighted by atomic mass is 10.2. The maximum atomic E-state index is 10.1. The SMILES string of the molecule is COc1ccc(CN=Cc2c(O)[nH]c3ccc(Br)cc23)cc1OC. The predicted molar refractivity (Wildman–Crippen MR) is 98.5 cm³/mol. The number of halogens is 1. The molecule has 124 valence electrons. The molecule has 6 heteroatoms. The van der Waals surface area contributed by atoms with Crippen molar-refractivity contribution in [2.24, 2.45) is 4.99 Å². The quantitative estimate of drug-likeness (QED) is 0.641. The Balaban J connectivity index is 1.84. The lowest BCUT2D eigenvalue weighted by Crippen LogP contribution is -1.92. The molecule has 0 saturated heterocycles. The van der Waals surface area contributed by atoms with Gasteiger partial charge in [-0.3, -0.25) is 4.99 Å². The first-order chi connectivity index (χ1) is 11.6. The third-order valence-electron chi connectivity index (χ3n) is 3.72. The summed E-state index contributed by atoms with van der Waals surface area (Å²) in [6.45, 7) is 0.473. The van der Waals surface area contributed by atoms with E-state index in [2.05, 4.69) is 25.9 Å². The number of ether oxygens (including phenoxy) is 2. The summed E-state index contributed by atoms with van der Waals surface area (Å²) in [5.74, 6) is 1.47. The van der Waals surface area contributed by atoms with Crippen LogP contribution in [0.5, 0.6) is 17.4 Å². The van der Waals surface area contributed by atoms with Gasteiger partial charge in [-0.2, -0.15) is 0 Å². The summed E-state index contributed by atoms with van der Waals surface area (Å²) in [5, 5.41) is 11.0. The zero-order valence-corrected chi connectivity index (χ0v) is 14.9. The van der Waals surface area contributed by atoms with E-state index in [1.165, 1.54) is 0 Å². The molecule has 0 unspecified atom stereocenters. The largest absolute Gasteiger partial charge is 0.494 e. The molecule has 3 aromatic rings. The number of hydrogen-bond acceptors (Lipinski definition) is 4. The van der Waals surface area contributed by atoms with Crippen molar-refractivity contribution in [2.75, 3.05) is 14.2 Å². The molecule has 0 atom stereocenters. The monoisotopic (exact) mass is 388 g/mol. The van der Waals surface area contributed by atoms with Gasteiger partial charge in [-0.1, -0.05) is 22.0 Å². The van der Waals surface area contributed by atoms with E-state index in [1.54, 1.807) is 20.4 Å². The lowest BCUT2D eigenvalue weighted by molar-refractivity contribution is 0.354. The molecule has 1 aromatic heterocycles. The Morgan fingerprint density at radius 2 is 1.92 bits per heavy atom. The molecule has 0 amide bonds. The molecule has 0 spiro atoms. The van der Waals surface area contributed by atoms with E-state index < -0.39 is 0 Å². The van der Waals surface area contributed by atoms with Crippen LogP contribution < -0.4 is 9.47 Å². The molecule has 24 heavy (non-hydrogen) atoms. The number of aromatic nitrogens is 1. The third kappa shape index (κ3) is 3.23. The minimum absolute atomic E-state index is 0.110. The van der Waals surface area contributed by atoms with Gasteiger partial charge in [0.1, 0.15) is 0 Å². The van der Waals surface area contributed by atoms with Crippen LogP contribution in [0.25, 0.3) is 10.9 Å². The van der Waals surface area contributed by atoms with E-state index in [1.807, 2.05) is 36.4 Å². The van der Waals surface area contributed by atoms with Gasteiger partial charge in [0, 0.05) is 21.6 Å². The van der Waals surface area contributed by atoms with Crippen LogP contribution in [0.1, 0.15) is 11.1 Å². The fourth-order valence-corrected chi connectivity index (χ4v) is 2.88. The first-order valence-electron chi connectivity index (χ1n) is 7.33. The van der Waals surface area contributed by atoms with E-state index in [4.69, 9.17) is 9.47 Å². The minimum Gasteiger partial charge on any atom is -0.494 e. The number of methoxy groups -OCH3 is 2. The molecule has 2 aromatic carbocycles. The number of hydrogen-bond donors (Lipinski definition) is 2. The van der Waals surface area contributed by atoms with E-state index >= 15 is 0 Å². The molecule has 0 aliphatic carbocycles. The van der Waals surface area contributed by atoms with Crippen molar-refractivity contribution in [3.05, 3.63) is 52.0 Å². The number of aromatic amines is 1. The summed E-state index contributed by atoms with van der Waals surface area (Å²) in [7, 11) is 3.21. The highest BCUT2D eigenvalue weighted by Crippen LogP contribution is 2.29. The molecular weight excluding hydrogens is 372 g/mol. The van der Waals surface area contributed by atoms with Gasteiger partial charge in [0.2, 0.25) is 0 Å². The molecular formula is C18H17BrN2O3. The Labute approximate surface area is 148 Å². The second-order valence-electron chi connectivity index (χ2n) is 5.24. The van der Waals surface area contributed by atoms with Crippen molar-refractivity contribution in [1.29, 1.82) is 0 Å². The van der Waals surface area contributed by atoms with Gasteiger partial charge < -0.3 is 19.6 Å². The number of aliphatic imine (C=N–C) groups is 1. The average molecular weight is 389 g/mol. The maximum Gasteiger partial charge on any atom is 0.198 e. The van der Waals surface area contributed by atoms with Gasteiger partial charge in [0.15, 0.2) is 17.4 Å². The fraction of sp³-hybridized carbons (Fsp3) is 0.167. The van der Waals surface area contributed by atoms with Gasteiger partial charge in [0.05, 0.1) is 26.3 Å². The normalized spacial score (nSPS) is 11.3. The van der Waals surface area contributed by atoms with Crippen molar-refractivity contribution >= 4 is 33.0 Å². The van der Waals surface area contributed by atoms with E-state index in [0.717, 1.165) is 20.9 Å². The Bertz CT molecular complexity index is 903. The highest BCUT2D eigenvalue weighted by atomic mass is 79.9. The third-order valence-corrected chi connectivity index (χ3v) is 4.22. The molecule has 0 aliphatic rings. The summed E-state index contributed by atoms with van der Waals surface area (Å²) < 4.78 is 11.5. The number of H-pyrrole nitrogens is 1. The van der Waals surface area contributed by atoms with Crippen LogP contribution in [-0.2, 0) is 6.54 Å². The molecule has 2 N–H and O–H groups in total. The number of benzene rings is 2. The van der Waals surface area contributed by atoms with Crippen molar-refractivity contribution in [3.8, 4) is 17.4 Å². The Morgan fingerprint density at radius 1 is 1.12 bits per heavy atom. The number of fused-ring (bicyclic) bond motifs is 1. The van der Waals surface area contributed by atoms with Crippen LogP contribution in [0, 0.1) is 0 Å². The maximum absolute atomic E-state index is 10.1. The molecule has 0 saturated carbocycles. The van der Waals surface area contributed by atoms with Gasteiger partial charge in [-0.05, 0) is 35.9 Å². The van der Waals surface area contributed by atoms with Crippen molar-refractivity contribution < 1.29 is 14.6 Å². The summed E-state index contributed by atoms with van der Waals surface area (Å²) in [6.07, 6.45) is 1.68. The molecule has 0 aliphatic heterocycles. The van der Waals surface area contributed by atoms with E-state index in [0.29, 0.717) is 23.6 Å². The number of nitrogens with one attached hydrogen (secondary N) is 1. The van der Waals surface area contributed by atoms with Gasteiger partial charge in [-0.25, -0.2) is 0 Å². The lowest BCUT2D eigenvalue weighted by Gasteiger charge is -2.08. The molecule has 5 nitrogen and oxygen atoms in total. The second kappa shape index (κ2) is 6.97. The second-order valence-corrected chi connectivity index (χ2v) is 6.15. The van der Waals surface area contributed by atoms with E-state index in [-0.39, 0.29) is 5.88 Å². The standard InChI is InChI=1S/C18H17BrN2O3/c1-23-16-6-3-11(7-17(16)24-2)9-20-10-14-13-8-12(19)4-5-15(13)21-18(14)22/h3-8,10,21-22H,9H2,1-2H3. The topological polar surface area (TPSA) is 66.8 Å². The molecule has 0 radical (unpaired) electrons. The Kier molecular flexibility index (Phi) is 4.76. The summed E-state index contributed by atoms with van der Waals surface area (Å²) in [4.78, 5) is 7.38. The number of nitrogens with zero attached hydrogens (tertiary/aromatic N) is 1. The number of rotatable bonds is 5. The summed E-state index contributed by atoms with van der Waals surface area (Å²) in [6, 6.07) is 11.5. The van der Waals surface area contributed by atoms with Gasteiger partial charge >= 0.3 is 0 Å². The summed E-state index contributed by atoms with van der Waals surface area (Å²) in [5.41, 5.74) is 2.53. The molecule has 0 bridgehead atoms. The first-order valence-corrected chi connectivity index (χ1v) is 8.12. The van der Waals surface area contributed by atoms with Crippen molar-refractivity contribution in [2.45, 2.75) is 6.54 Å². The van der Waals surface area contributed by atoms with Crippen molar-refractivity contribution in [3.63, 3.8) is 0 Å². The zero-order valence-electron chi connectivity index (χ0n) is 13.3. The predicted octanol–water partition coefficient (Wildman–Crippen LogP) is 4.27. The van der Waals surface area contributed by atoms with Crippen LogP contribution in [0.2, 0.25) is 0 Å². The van der Waals surface area contributed by atoms with Crippen LogP contribution in [0.15, 0.2) is 45.9 Å². The summed E-state index contributed by atoms with van der Waals surface area (Å²) >= 11 is 3.44. The zero-order chi connectivity index (χ0) is 17.1. The Hall–Kier alpha value is -2.47. The van der Waals surface area contributed by atoms with Gasteiger partial charge in [0.25, 0.3) is 0 Å². The van der Waals surface area contributed by atoms with Crippen LogP contribution in [0.4, 0.5) is 0 Å². The molecule has 0 fully saturated rings. The Morgan fingerprint density at radius 3 is 2.67 bits per heavy atom. The highest BCUT2D eigenvalue weighted by molar-refractivity contribution is 9.10. The molecule has 3 rings (SSSR count). The smallest absolute Gasteiger partial charge is 0.198 e. The fourth-order valence-electron chi connectivity index (χ4n) is 2.52. The van der Waals surface area contributed by atoms with Crippen LogP contribution in [0.3, 0.4) is 0 Å². The minimum atomic E-state index is 0.110. The van der Waals surface area contributed by atoms with Crippen LogP contribution >= 0.6 is 15.9 Å². The van der Waals surface area contributed by atoms with Crippen LogP contribution in [-0.4, -0.2) is 30.5 Å². The van der Waals surface area contributed by atoms with Gasteiger partial charge in [-0.15, -0.1) is 0 Å². The van der Waals surface area contributed by atoms with Crippen molar-refractivity contribution in [1.82, 2.24) is 4.98 Å².